The molecule has 84 valence electrons. The molecule has 1 unspecified atom stereocenters. The Hall–Kier alpha value is -0.500. The smallest absolute Gasteiger partial charge is 0.0369 e. The van der Waals surface area contributed by atoms with Crippen LogP contribution in [0.25, 0.3) is 0 Å². The zero-order chi connectivity index (χ0) is 11.4. The first-order chi connectivity index (χ1) is 7.02. The van der Waals surface area contributed by atoms with Gasteiger partial charge in [-0.25, -0.2) is 0 Å². The zero-order valence-corrected chi connectivity index (χ0v) is 11.6. The number of alkyl halides is 1. The predicted octanol–water partition coefficient (Wildman–Crippen LogP) is 3.77. The second kappa shape index (κ2) is 5.55. The van der Waals surface area contributed by atoms with E-state index >= 15 is 0 Å². The van der Waals surface area contributed by atoms with Crippen LogP contribution in [0.3, 0.4) is 0 Å². The maximum absolute atomic E-state index is 3.52. The van der Waals surface area contributed by atoms with Crippen molar-refractivity contribution in [3.63, 3.8) is 0 Å². The molecule has 0 aliphatic heterocycles. The summed E-state index contributed by atoms with van der Waals surface area (Å²) in [7, 11) is 2.16. The van der Waals surface area contributed by atoms with Gasteiger partial charge in [-0.2, -0.15) is 0 Å². The van der Waals surface area contributed by atoms with Gasteiger partial charge in [0.1, 0.15) is 0 Å². The molecular formula is C13H20BrN. The first-order valence-electron chi connectivity index (χ1n) is 5.38. The zero-order valence-electron chi connectivity index (χ0n) is 10.0. The lowest BCUT2D eigenvalue weighted by Crippen LogP contribution is -2.24. The van der Waals surface area contributed by atoms with E-state index in [1.165, 1.54) is 16.8 Å². The molecule has 1 aromatic carbocycles. The highest BCUT2D eigenvalue weighted by Gasteiger charge is 2.06. The van der Waals surface area contributed by atoms with E-state index in [1.807, 2.05) is 0 Å². The van der Waals surface area contributed by atoms with Crippen LogP contribution in [0.1, 0.15) is 18.1 Å². The summed E-state index contributed by atoms with van der Waals surface area (Å²) in [4.78, 5) is 2.33. The van der Waals surface area contributed by atoms with Crippen LogP contribution < -0.4 is 4.90 Å². The van der Waals surface area contributed by atoms with Gasteiger partial charge in [0.15, 0.2) is 0 Å². The maximum Gasteiger partial charge on any atom is 0.0369 e. The molecule has 1 nitrogen and oxygen atoms in total. The van der Waals surface area contributed by atoms with E-state index in [9.17, 15) is 0 Å². The number of rotatable bonds is 4. The average molecular weight is 270 g/mol. The Morgan fingerprint density at radius 2 is 1.73 bits per heavy atom. The van der Waals surface area contributed by atoms with Gasteiger partial charge in [0.25, 0.3) is 0 Å². The highest BCUT2D eigenvalue weighted by Crippen LogP contribution is 2.18. The lowest BCUT2D eigenvalue weighted by Gasteiger charge is -2.23. The summed E-state index contributed by atoms with van der Waals surface area (Å²) in [6.07, 6.45) is 0. The van der Waals surface area contributed by atoms with Gasteiger partial charge in [-0.3, -0.25) is 0 Å². The minimum Gasteiger partial charge on any atom is -0.374 e. The minimum atomic E-state index is 0.677. The molecule has 0 fully saturated rings. The molecular weight excluding hydrogens is 250 g/mol. The number of anilines is 1. The standard InChI is InChI=1S/C13H20BrN/c1-10-5-11(2)7-13(6-10)15(4)9-12(3)8-14/h5-7,12H,8-9H2,1-4H3. The van der Waals surface area contributed by atoms with E-state index in [0.29, 0.717) is 5.92 Å². The molecule has 15 heavy (non-hydrogen) atoms. The Morgan fingerprint density at radius 3 is 2.20 bits per heavy atom. The first kappa shape index (κ1) is 12.6. The third-order valence-electron chi connectivity index (χ3n) is 2.50. The Bertz CT molecular complexity index is 302. The average Bonchev–Trinajstić information content (AvgIpc) is 2.16. The maximum atomic E-state index is 3.52. The molecule has 0 N–H and O–H groups in total. The van der Waals surface area contributed by atoms with Crippen LogP contribution in [0.15, 0.2) is 18.2 Å². The monoisotopic (exact) mass is 269 g/mol. The van der Waals surface area contributed by atoms with E-state index in [2.05, 4.69) is 66.8 Å². The van der Waals surface area contributed by atoms with Crippen LogP contribution in [0.2, 0.25) is 0 Å². The van der Waals surface area contributed by atoms with Gasteiger partial charge in [-0.1, -0.05) is 28.9 Å². The van der Waals surface area contributed by atoms with Crippen molar-refractivity contribution >= 4 is 21.6 Å². The number of hydrogen-bond donors (Lipinski definition) is 0. The van der Waals surface area contributed by atoms with E-state index in [0.717, 1.165) is 11.9 Å². The molecule has 0 aliphatic rings. The second-order valence-electron chi connectivity index (χ2n) is 4.49. The Morgan fingerprint density at radius 1 is 1.20 bits per heavy atom. The van der Waals surface area contributed by atoms with Crippen molar-refractivity contribution in [1.82, 2.24) is 0 Å². The Labute approximate surface area is 102 Å². The molecule has 0 spiro atoms. The van der Waals surface area contributed by atoms with Crippen molar-refractivity contribution in [2.24, 2.45) is 5.92 Å². The summed E-state index contributed by atoms with van der Waals surface area (Å²) in [6, 6.07) is 6.70. The van der Waals surface area contributed by atoms with Gasteiger partial charge in [0, 0.05) is 24.6 Å². The van der Waals surface area contributed by atoms with Gasteiger partial charge in [0.05, 0.1) is 0 Å². The quantitative estimate of drug-likeness (QED) is 0.753. The van der Waals surface area contributed by atoms with Crippen LogP contribution in [-0.4, -0.2) is 18.9 Å². The molecule has 0 saturated carbocycles. The van der Waals surface area contributed by atoms with Crippen LogP contribution >= 0.6 is 15.9 Å². The Balaban J connectivity index is 2.77. The third-order valence-corrected chi connectivity index (χ3v) is 3.60. The summed E-state index contributed by atoms with van der Waals surface area (Å²) < 4.78 is 0. The van der Waals surface area contributed by atoms with Crippen molar-refractivity contribution < 1.29 is 0 Å². The van der Waals surface area contributed by atoms with E-state index < -0.39 is 0 Å². The van der Waals surface area contributed by atoms with Gasteiger partial charge < -0.3 is 4.90 Å². The summed E-state index contributed by atoms with van der Waals surface area (Å²) in [6.45, 7) is 7.65. The molecule has 1 aromatic rings. The normalized spacial score (nSPS) is 12.6. The third kappa shape index (κ3) is 3.86. The topological polar surface area (TPSA) is 3.24 Å². The fourth-order valence-corrected chi connectivity index (χ4v) is 2.00. The van der Waals surface area contributed by atoms with E-state index in [-0.39, 0.29) is 0 Å². The van der Waals surface area contributed by atoms with Gasteiger partial charge in [-0.15, -0.1) is 0 Å². The first-order valence-corrected chi connectivity index (χ1v) is 6.50. The summed E-state index contributed by atoms with van der Waals surface area (Å²) in [5.74, 6) is 0.677. The van der Waals surface area contributed by atoms with Gasteiger partial charge in [-0.05, 0) is 43.0 Å². The molecule has 1 atom stereocenters. The number of halogens is 1. The molecule has 2 heteroatoms. The molecule has 0 heterocycles. The van der Waals surface area contributed by atoms with Crippen LogP contribution in [0.4, 0.5) is 5.69 Å². The largest absolute Gasteiger partial charge is 0.374 e. The van der Waals surface area contributed by atoms with Crippen molar-refractivity contribution in [2.75, 3.05) is 23.8 Å². The van der Waals surface area contributed by atoms with Crippen LogP contribution in [0, 0.1) is 19.8 Å². The van der Waals surface area contributed by atoms with Crippen molar-refractivity contribution in [1.29, 1.82) is 0 Å². The number of nitrogens with zero attached hydrogens (tertiary/aromatic N) is 1. The highest BCUT2D eigenvalue weighted by atomic mass is 79.9. The van der Waals surface area contributed by atoms with Crippen LogP contribution in [0.5, 0.6) is 0 Å². The lowest BCUT2D eigenvalue weighted by molar-refractivity contribution is 0.652. The molecule has 1 rings (SSSR count). The molecule has 0 bridgehead atoms. The lowest BCUT2D eigenvalue weighted by atomic mass is 10.1. The molecule has 0 saturated heterocycles. The summed E-state index contributed by atoms with van der Waals surface area (Å²) >= 11 is 3.52. The van der Waals surface area contributed by atoms with E-state index in [4.69, 9.17) is 0 Å². The fourth-order valence-electron chi connectivity index (χ4n) is 1.79. The van der Waals surface area contributed by atoms with Gasteiger partial charge in [0.2, 0.25) is 0 Å². The number of hydrogen-bond acceptors (Lipinski definition) is 1. The predicted molar refractivity (Wildman–Crippen MR) is 72.1 cm³/mol. The molecule has 0 aliphatic carbocycles. The molecule has 0 aromatic heterocycles. The van der Waals surface area contributed by atoms with Crippen molar-refractivity contribution in [3.05, 3.63) is 29.3 Å². The van der Waals surface area contributed by atoms with E-state index in [1.54, 1.807) is 0 Å². The Kier molecular flexibility index (Phi) is 4.65. The number of benzene rings is 1. The number of aryl methyl sites for hydroxylation is 2. The summed E-state index contributed by atoms with van der Waals surface area (Å²) in [5.41, 5.74) is 3.99. The summed E-state index contributed by atoms with van der Waals surface area (Å²) in [5, 5.41) is 1.06. The molecule has 0 amide bonds. The van der Waals surface area contributed by atoms with Gasteiger partial charge >= 0.3 is 0 Å². The van der Waals surface area contributed by atoms with Crippen molar-refractivity contribution in [3.8, 4) is 0 Å². The van der Waals surface area contributed by atoms with Crippen molar-refractivity contribution in [2.45, 2.75) is 20.8 Å². The SMILES string of the molecule is Cc1cc(C)cc(N(C)CC(C)CBr)c1. The molecule has 0 radical (unpaired) electrons. The highest BCUT2D eigenvalue weighted by molar-refractivity contribution is 9.09. The fraction of sp³-hybridized carbons (Fsp3) is 0.538. The minimum absolute atomic E-state index is 0.677. The van der Waals surface area contributed by atoms with Crippen LogP contribution in [-0.2, 0) is 0 Å². The second-order valence-corrected chi connectivity index (χ2v) is 5.13.